The van der Waals surface area contributed by atoms with E-state index in [2.05, 4.69) is 0 Å². The summed E-state index contributed by atoms with van der Waals surface area (Å²) in [6.45, 7) is 1.56. The van der Waals surface area contributed by atoms with E-state index in [1.807, 2.05) is 0 Å². The molecule has 76 valence electrons. The largest absolute Gasteiger partial charge is 0.391 e. The zero-order valence-electron chi connectivity index (χ0n) is 7.41. The Morgan fingerprint density at radius 2 is 2.15 bits per heavy atom. The summed E-state index contributed by atoms with van der Waals surface area (Å²) in [7, 11) is 0. The molecule has 0 saturated carbocycles. The van der Waals surface area contributed by atoms with E-state index in [0.717, 1.165) is 0 Å². The van der Waals surface area contributed by atoms with E-state index in [-0.39, 0.29) is 25.4 Å². The maximum atomic E-state index is 12.3. The van der Waals surface area contributed by atoms with Crippen LogP contribution in [0.4, 0.5) is 8.78 Å². The topological polar surface area (TPSA) is 40.5 Å². The first kappa shape index (κ1) is 10.4. The van der Waals surface area contributed by atoms with Crippen LogP contribution in [-0.2, 0) is 4.79 Å². The van der Waals surface area contributed by atoms with Gasteiger partial charge >= 0.3 is 0 Å². The monoisotopic (exact) mass is 193 g/mol. The Hall–Kier alpha value is -0.710. The van der Waals surface area contributed by atoms with Crippen LogP contribution >= 0.6 is 0 Å². The molecule has 0 aromatic rings. The number of nitrogens with zero attached hydrogens (tertiary/aromatic N) is 1. The molecule has 0 aliphatic carbocycles. The molecule has 1 aliphatic rings. The van der Waals surface area contributed by atoms with Crippen molar-refractivity contribution in [3.05, 3.63) is 0 Å². The van der Waals surface area contributed by atoms with Gasteiger partial charge in [-0.1, -0.05) is 0 Å². The molecule has 0 spiro atoms. The molecule has 0 aromatic heterocycles. The highest BCUT2D eigenvalue weighted by molar-refractivity contribution is 5.73. The van der Waals surface area contributed by atoms with Crippen LogP contribution < -0.4 is 0 Å². The number of hydrogen-bond donors (Lipinski definition) is 1. The molecule has 0 bridgehead atoms. The highest BCUT2D eigenvalue weighted by atomic mass is 19.3. The van der Waals surface area contributed by atoms with Crippen molar-refractivity contribution in [1.29, 1.82) is 0 Å². The third kappa shape index (κ3) is 2.62. The first-order valence-electron chi connectivity index (χ1n) is 4.22. The summed E-state index contributed by atoms with van der Waals surface area (Å²) in [5.74, 6) is -1.14. The summed E-state index contributed by atoms with van der Waals surface area (Å²) in [6.07, 6.45) is -3.19. The number of carbonyl (C=O) groups is 1. The molecule has 2 unspecified atom stereocenters. The average molecular weight is 193 g/mol. The van der Waals surface area contributed by atoms with Crippen LogP contribution in [0.15, 0.2) is 0 Å². The van der Waals surface area contributed by atoms with Crippen molar-refractivity contribution in [2.45, 2.75) is 25.9 Å². The van der Waals surface area contributed by atoms with E-state index in [9.17, 15) is 18.7 Å². The number of hydrogen-bond acceptors (Lipinski definition) is 2. The summed E-state index contributed by atoms with van der Waals surface area (Å²) in [5.41, 5.74) is 0. The Bertz CT molecular complexity index is 199. The average Bonchev–Trinajstić information content (AvgIpc) is 2.03. The van der Waals surface area contributed by atoms with Crippen LogP contribution in [0.5, 0.6) is 0 Å². The maximum Gasteiger partial charge on any atom is 0.243 e. The lowest BCUT2D eigenvalue weighted by molar-refractivity contribution is -0.135. The number of likely N-dealkylation sites (tertiary alicyclic amines) is 1. The number of amides is 1. The second kappa shape index (κ2) is 4.00. The van der Waals surface area contributed by atoms with Gasteiger partial charge in [-0.05, 0) is 6.42 Å². The van der Waals surface area contributed by atoms with Crippen molar-refractivity contribution in [2.24, 2.45) is 5.92 Å². The molecule has 2 atom stereocenters. The number of β-amino-alcohol motifs (C(OH)–C–C–N with tert-alkyl or cyclic N) is 1. The van der Waals surface area contributed by atoms with Crippen molar-refractivity contribution in [3.8, 4) is 0 Å². The quantitative estimate of drug-likeness (QED) is 0.658. The Labute approximate surface area is 75.3 Å². The first-order chi connectivity index (χ1) is 6.00. The summed E-state index contributed by atoms with van der Waals surface area (Å²) in [6, 6.07) is 0. The minimum absolute atomic E-state index is 0.0596. The lowest BCUT2D eigenvalue weighted by Crippen LogP contribution is -2.47. The molecule has 1 saturated heterocycles. The predicted octanol–water partition coefficient (Wildman–Crippen LogP) is 0.481. The fourth-order valence-corrected chi connectivity index (χ4v) is 1.55. The fraction of sp³-hybridized carbons (Fsp3) is 0.875. The number of halogens is 2. The number of piperidine rings is 1. The van der Waals surface area contributed by atoms with Gasteiger partial charge in [-0.25, -0.2) is 8.78 Å². The minimum atomic E-state index is -2.46. The molecule has 1 fully saturated rings. The zero-order valence-corrected chi connectivity index (χ0v) is 7.41. The van der Waals surface area contributed by atoms with E-state index >= 15 is 0 Å². The van der Waals surface area contributed by atoms with Crippen LogP contribution in [0.25, 0.3) is 0 Å². The number of aliphatic hydroxyl groups is 1. The summed E-state index contributed by atoms with van der Waals surface area (Å²) >= 11 is 0. The van der Waals surface area contributed by atoms with Crippen molar-refractivity contribution in [1.82, 2.24) is 4.90 Å². The standard InChI is InChI=1S/C8H13F2NO2/c1-5(12)11-3-6(8(9)10)2-7(13)4-11/h6-8,13H,2-4H2,1H3. The van der Waals surface area contributed by atoms with Gasteiger partial charge in [0, 0.05) is 25.9 Å². The SMILES string of the molecule is CC(=O)N1CC(O)CC(C(F)F)C1. The van der Waals surface area contributed by atoms with E-state index in [4.69, 9.17) is 0 Å². The van der Waals surface area contributed by atoms with Gasteiger partial charge in [0.25, 0.3) is 0 Å². The molecule has 5 heteroatoms. The summed E-state index contributed by atoms with van der Waals surface area (Å²) in [5, 5.41) is 9.22. The van der Waals surface area contributed by atoms with Crippen LogP contribution in [-0.4, -0.2) is 41.5 Å². The fourth-order valence-electron chi connectivity index (χ4n) is 1.55. The summed E-state index contributed by atoms with van der Waals surface area (Å²) < 4.78 is 24.6. The number of rotatable bonds is 1. The van der Waals surface area contributed by atoms with Crippen molar-refractivity contribution in [2.75, 3.05) is 13.1 Å². The second-order valence-electron chi connectivity index (χ2n) is 3.41. The normalized spacial score (nSPS) is 29.5. The van der Waals surface area contributed by atoms with E-state index in [0.29, 0.717) is 0 Å². The molecule has 0 radical (unpaired) electrons. The molecule has 13 heavy (non-hydrogen) atoms. The molecule has 3 nitrogen and oxygen atoms in total. The molecule has 1 heterocycles. The van der Waals surface area contributed by atoms with Crippen molar-refractivity contribution in [3.63, 3.8) is 0 Å². The highest BCUT2D eigenvalue weighted by Crippen LogP contribution is 2.22. The van der Waals surface area contributed by atoms with E-state index in [1.165, 1.54) is 11.8 Å². The minimum Gasteiger partial charge on any atom is -0.391 e. The van der Waals surface area contributed by atoms with Crippen LogP contribution in [0.3, 0.4) is 0 Å². The van der Waals surface area contributed by atoms with Gasteiger partial charge in [0.2, 0.25) is 12.3 Å². The predicted molar refractivity (Wildman–Crippen MR) is 42.4 cm³/mol. The van der Waals surface area contributed by atoms with E-state index < -0.39 is 18.4 Å². The van der Waals surface area contributed by atoms with Crippen molar-refractivity contribution >= 4 is 5.91 Å². The second-order valence-corrected chi connectivity index (χ2v) is 3.41. The Kier molecular flexibility index (Phi) is 3.19. The Morgan fingerprint density at radius 1 is 1.54 bits per heavy atom. The van der Waals surface area contributed by atoms with Crippen LogP contribution in [0.2, 0.25) is 0 Å². The first-order valence-corrected chi connectivity index (χ1v) is 4.22. The van der Waals surface area contributed by atoms with Gasteiger partial charge in [0.15, 0.2) is 0 Å². The third-order valence-electron chi connectivity index (χ3n) is 2.26. The van der Waals surface area contributed by atoms with Gasteiger partial charge in [-0.15, -0.1) is 0 Å². The number of carbonyl (C=O) groups excluding carboxylic acids is 1. The molecular weight excluding hydrogens is 180 g/mol. The molecule has 0 aromatic carbocycles. The zero-order chi connectivity index (χ0) is 10.0. The highest BCUT2D eigenvalue weighted by Gasteiger charge is 2.32. The van der Waals surface area contributed by atoms with Crippen LogP contribution in [0.1, 0.15) is 13.3 Å². The maximum absolute atomic E-state index is 12.3. The Morgan fingerprint density at radius 3 is 2.62 bits per heavy atom. The van der Waals surface area contributed by atoms with E-state index in [1.54, 1.807) is 0 Å². The molecule has 1 rings (SSSR count). The van der Waals surface area contributed by atoms with Gasteiger partial charge < -0.3 is 10.0 Å². The lowest BCUT2D eigenvalue weighted by Gasteiger charge is -2.34. The van der Waals surface area contributed by atoms with Crippen molar-refractivity contribution < 1.29 is 18.7 Å². The van der Waals surface area contributed by atoms with Gasteiger partial charge in [0.1, 0.15) is 0 Å². The van der Waals surface area contributed by atoms with Gasteiger partial charge in [-0.2, -0.15) is 0 Å². The van der Waals surface area contributed by atoms with Crippen LogP contribution in [0, 0.1) is 5.92 Å². The number of aliphatic hydroxyl groups excluding tert-OH is 1. The molecular formula is C8H13F2NO2. The third-order valence-corrected chi connectivity index (χ3v) is 2.26. The molecule has 1 N–H and O–H groups in total. The summed E-state index contributed by atoms with van der Waals surface area (Å²) in [4.78, 5) is 12.2. The lowest BCUT2D eigenvalue weighted by atomic mass is 9.96. The molecule has 1 aliphatic heterocycles. The number of alkyl halides is 2. The smallest absolute Gasteiger partial charge is 0.243 e. The van der Waals surface area contributed by atoms with Gasteiger partial charge in [0.05, 0.1) is 6.10 Å². The van der Waals surface area contributed by atoms with Gasteiger partial charge in [-0.3, -0.25) is 4.79 Å². The Balaban J connectivity index is 2.57. The molecule has 1 amide bonds.